The van der Waals surface area contributed by atoms with Gasteiger partial charge in [-0.25, -0.2) is 0 Å². The molecule has 0 aliphatic rings. The van der Waals surface area contributed by atoms with Crippen molar-refractivity contribution in [3.63, 3.8) is 0 Å². The molecule has 0 atom stereocenters. The summed E-state index contributed by atoms with van der Waals surface area (Å²) in [4.78, 5) is 0. The number of thiophene rings is 1. The van der Waals surface area contributed by atoms with E-state index in [1.165, 1.54) is 119 Å². The van der Waals surface area contributed by atoms with Crippen molar-refractivity contribution in [3.8, 4) is 33.6 Å². The van der Waals surface area contributed by atoms with Crippen LogP contribution < -0.4 is 0 Å². The summed E-state index contributed by atoms with van der Waals surface area (Å²) in [5, 5.41) is 12.7. The second kappa shape index (κ2) is 12.5. The molecule has 2 nitrogen and oxygen atoms in total. The van der Waals surface area contributed by atoms with Crippen molar-refractivity contribution in [2.75, 3.05) is 0 Å². The Kier molecular flexibility index (Phi) is 6.92. The molecule has 0 unspecified atom stereocenters. The molecule has 0 N–H and O–H groups in total. The summed E-state index contributed by atoms with van der Waals surface area (Å²) in [6.45, 7) is 0. The lowest BCUT2D eigenvalue weighted by molar-refractivity contribution is 1.19. The highest BCUT2D eigenvalue weighted by Gasteiger charge is 2.20. The Morgan fingerprint density at radius 3 is 1.66 bits per heavy atom. The summed E-state index contributed by atoms with van der Waals surface area (Å²) >= 11 is 1.89. The van der Waals surface area contributed by atoms with Gasteiger partial charge in [-0.3, -0.25) is 0 Å². The van der Waals surface area contributed by atoms with Crippen LogP contribution in [0.4, 0.5) is 0 Å². The SMILES string of the molecule is c1ccc(-c2ccc(-n3c4ccccc4c4cc(-c5ccc6c(c5)c5ccccc5n6-c5ccc6c(ccc7ccccc76)c5)ccc43)c3sc4ccccc4c23)cc1. The normalized spacial score (nSPS) is 12.1. The number of fused-ring (bicyclic) bond motifs is 12. The van der Waals surface area contributed by atoms with Crippen molar-refractivity contribution < 1.29 is 0 Å². The van der Waals surface area contributed by atoms with Crippen LogP contribution in [0.15, 0.2) is 206 Å². The second-order valence-electron chi connectivity index (χ2n) is 15.7. The molecule has 3 heterocycles. The molecule has 0 aliphatic heterocycles. The lowest BCUT2D eigenvalue weighted by Gasteiger charge is -2.13. The van der Waals surface area contributed by atoms with E-state index in [1.54, 1.807) is 0 Å². The van der Waals surface area contributed by atoms with Crippen LogP contribution in [0.25, 0.3) is 119 Å². The predicted octanol–water partition coefficient (Wildman–Crippen LogP) is 15.9. The van der Waals surface area contributed by atoms with E-state index in [1.807, 2.05) is 11.3 Å². The van der Waals surface area contributed by atoms with Gasteiger partial charge in [-0.1, -0.05) is 146 Å². The van der Waals surface area contributed by atoms with Gasteiger partial charge >= 0.3 is 0 Å². The zero-order valence-corrected chi connectivity index (χ0v) is 32.7. The highest BCUT2D eigenvalue weighted by atomic mass is 32.1. The first kappa shape index (κ1) is 32.6. The number of hydrogen-bond donors (Lipinski definition) is 0. The Balaban J connectivity index is 0.987. The Morgan fingerprint density at radius 1 is 0.322 bits per heavy atom. The monoisotopic (exact) mass is 766 g/mol. The molecule has 274 valence electrons. The van der Waals surface area contributed by atoms with Gasteiger partial charge in [-0.15, -0.1) is 11.3 Å². The topological polar surface area (TPSA) is 9.86 Å². The largest absolute Gasteiger partial charge is 0.309 e. The lowest BCUT2D eigenvalue weighted by atomic mass is 9.98. The Morgan fingerprint density at radius 2 is 0.898 bits per heavy atom. The average molecular weight is 767 g/mol. The van der Waals surface area contributed by atoms with E-state index in [-0.39, 0.29) is 0 Å². The molecule has 13 aromatic rings. The van der Waals surface area contributed by atoms with E-state index in [0.717, 1.165) is 0 Å². The van der Waals surface area contributed by atoms with E-state index in [0.29, 0.717) is 0 Å². The zero-order valence-electron chi connectivity index (χ0n) is 31.9. The van der Waals surface area contributed by atoms with Crippen LogP contribution in [0.5, 0.6) is 0 Å². The highest BCUT2D eigenvalue weighted by molar-refractivity contribution is 7.26. The first-order valence-corrected chi connectivity index (χ1v) is 21.1. The van der Waals surface area contributed by atoms with E-state index in [2.05, 4.69) is 215 Å². The van der Waals surface area contributed by atoms with Gasteiger partial charge in [0.05, 0.1) is 32.5 Å². The van der Waals surface area contributed by atoms with Gasteiger partial charge in [0.25, 0.3) is 0 Å². The van der Waals surface area contributed by atoms with Gasteiger partial charge in [0.2, 0.25) is 0 Å². The Bertz CT molecular complexity index is 3840. The number of nitrogens with zero attached hydrogens (tertiary/aromatic N) is 2. The molecule has 0 fully saturated rings. The van der Waals surface area contributed by atoms with Crippen LogP contribution in [0.2, 0.25) is 0 Å². The summed E-state index contributed by atoms with van der Waals surface area (Å²) in [6, 6.07) is 76.2. The van der Waals surface area contributed by atoms with Crippen LogP contribution in [0, 0.1) is 0 Å². The molecule has 0 saturated heterocycles. The van der Waals surface area contributed by atoms with Gasteiger partial charge in [0.1, 0.15) is 0 Å². The van der Waals surface area contributed by atoms with Crippen molar-refractivity contribution >= 4 is 96.7 Å². The van der Waals surface area contributed by atoms with Crippen LogP contribution in [0.3, 0.4) is 0 Å². The Labute approximate surface area is 344 Å². The van der Waals surface area contributed by atoms with Gasteiger partial charge in [0.15, 0.2) is 0 Å². The number of para-hydroxylation sites is 2. The van der Waals surface area contributed by atoms with E-state index in [4.69, 9.17) is 0 Å². The van der Waals surface area contributed by atoms with Gasteiger partial charge < -0.3 is 9.13 Å². The fourth-order valence-corrected chi connectivity index (χ4v) is 11.1. The highest BCUT2D eigenvalue weighted by Crippen LogP contribution is 2.46. The number of benzene rings is 10. The lowest BCUT2D eigenvalue weighted by Crippen LogP contribution is -1.95. The fourth-order valence-electron chi connectivity index (χ4n) is 9.83. The maximum atomic E-state index is 2.49. The first-order chi connectivity index (χ1) is 29.3. The van der Waals surface area contributed by atoms with Crippen LogP contribution >= 0.6 is 11.3 Å². The molecular weight excluding hydrogens is 733 g/mol. The second-order valence-corrected chi connectivity index (χ2v) is 16.7. The summed E-state index contributed by atoms with van der Waals surface area (Å²) in [6.07, 6.45) is 0. The third-order valence-corrected chi connectivity index (χ3v) is 13.7. The molecule has 0 saturated carbocycles. The fraction of sp³-hybridized carbons (Fsp3) is 0. The molecule has 0 bridgehead atoms. The molecule has 0 spiro atoms. The molecule has 0 radical (unpaired) electrons. The van der Waals surface area contributed by atoms with Gasteiger partial charge in [-0.2, -0.15) is 0 Å². The summed E-state index contributed by atoms with van der Waals surface area (Å²) in [7, 11) is 0. The minimum Gasteiger partial charge on any atom is -0.309 e. The minimum absolute atomic E-state index is 1.17. The predicted molar refractivity (Wildman–Crippen MR) is 254 cm³/mol. The first-order valence-electron chi connectivity index (χ1n) is 20.3. The molecular formula is C56H34N2S. The third-order valence-electron chi connectivity index (χ3n) is 12.5. The van der Waals surface area contributed by atoms with Crippen LogP contribution in [-0.4, -0.2) is 9.13 Å². The standard InChI is InChI=1S/C56H34N2S/c1-2-12-35(13-3-1)43-28-31-53(56-55(43)46-18-8-11-21-54(46)59-56)58-50-20-10-7-17-45(50)48-34-38(25-30-52(48)58)37-24-29-51-47(33-37)44-16-6-9-19-49(44)57(51)40-26-27-42-39(32-40)23-22-36-14-4-5-15-41(36)42/h1-34H. The molecule has 3 heteroatoms. The quantitative estimate of drug-likeness (QED) is 0.158. The van der Waals surface area contributed by atoms with Gasteiger partial charge in [0, 0.05) is 42.7 Å². The number of aromatic nitrogens is 2. The number of hydrogen-bond acceptors (Lipinski definition) is 1. The average Bonchev–Trinajstić information content (AvgIpc) is 3.97. The van der Waals surface area contributed by atoms with E-state index < -0.39 is 0 Å². The third kappa shape index (κ3) is 4.80. The summed E-state index contributed by atoms with van der Waals surface area (Å²) in [5.41, 5.74) is 12.2. The smallest absolute Gasteiger partial charge is 0.0641 e. The maximum Gasteiger partial charge on any atom is 0.0641 e. The van der Waals surface area contributed by atoms with Crippen molar-refractivity contribution in [2.24, 2.45) is 0 Å². The van der Waals surface area contributed by atoms with Crippen molar-refractivity contribution in [3.05, 3.63) is 206 Å². The molecule has 0 amide bonds. The van der Waals surface area contributed by atoms with E-state index in [9.17, 15) is 0 Å². The summed E-state index contributed by atoms with van der Waals surface area (Å²) in [5.74, 6) is 0. The maximum absolute atomic E-state index is 2.49. The zero-order chi connectivity index (χ0) is 38.6. The van der Waals surface area contributed by atoms with Crippen molar-refractivity contribution in [1.29, 1.82) is 0 Å². The summed E-state index contributed by atoms with van der Waals surface area (Å²) < 4.78 is 7.53. The molecule has 10 aromatic carbocycles. The molecule has 59 heavy (non-hydrogen) atoms. The van der Waals surface area contributed by atoms with Gasteiger partial charge in [-0.05, 0) is 104 Å². The molecule has 3 aromatic heterocycles. The van der Waals surface area contributed by atoms with Crippen LogP contribution in [0.1, 0.15) is 0 Å². The van der Waals surface area contributed by atoms with Crippen LogP contribution in [-0.2, 0) is 0 Å². The number of rotatable bonds is 4. The molecule has 0 aliphatic carbocycles. The molecule has 13 rings (SSSR count). The Hall–Kier alpha value is -7.46. The van der Waals surface area contributed by atoms with Crippen molar-refractivity contribution in [2.45, 2.75) is 0 Å². The minimum atomic E-state index is 1.17. The van der Waals surface area contributed by atoms with E-state index >= 15 is 0 Å². The van der Waals surface area contributed by atoms with Crippen molar-refractivity contribution in [1.82, 2.24) is 9.13 Å².